The van der Waals surface area contributed by atoms with Crippen LogP contribution in [0.15, 0.2) is 63.5 Å². The van der Waals surface area contributed by atoms with Crippen LogP contribution in [0.5, 0.6) is 5.75 Å². The molecule has 4 N–H and O–H groups in total. The minimum Gasteiger partial charge on any atom is -0.506 e. The first-order chi connectivity index (χ1) is 13.8. The smallest absolute Gasteiger partial charge is 0.335 e. The number of hydrogen-bond acceptors (Lipinski definition) is 5. The van der Waals surface area contributed by atoms with E-state index in [9.17, 15) is 9.90 Å². The van der Waals surface area contributed by atoms with Crippen LogP contribution in [0.4, 0.5) is 5.69 Å². The van der Waals surface area contributed by atoms with Gasteiger partial charge in [0.15, 0.2) is 5.11 Å². The lowest BCUT2D eigenvalue weighted by atomic mass is 10.1. The van der Waals surface area contributed by atoms with Crippen molar-refractivity contribution in [2.45, 2.75) is 6.92 Å². The topological polar surface area (TPSA) is 94.0 Å². The monoisotopic (exact) mass is 489 g/mol. The SMILES string of the molecule is CC(=NNC(=S)Nc1ccc(C(=O)O)cc1)c1csc(-c2ccc(Br)cc2)c1O. The first-order valence-electron chi connectivity index (χ1n) is 8.36. The van der Waals surface area contributed by atoms with E-state index in [0.29, 0.717) is 17.0 Å². The number of aromatic carboxylic acids is 1. The number of aromatic hydroxyl groups is 1. The van der Waals surface area contributed by atoms with Gasteiger partial charge in [-0.15, -0.1) is 11.3 Å². The van der Waals surface area contributed by atoms with Crippen LogP contribution in [0.1, 0.15) is 22.8 Å². The fourth-order valence-electron chi connectivity index (χ4n) is 2.46. The summed E-state index contributed by atoms with van der Waals surface area (Å²) in [6.45, 7) is 1.77. The second-order valence-corrected chi connectivity index (χ2v) is 8.18. The standard InChI is InChI=1S/C20H16BrN3O3S2/c1-11(16-10-29-18(17(16)25)12-2-6-14(21)7-3-12)23-24-20(28)22-15-8-4-13(5-9-15)19(26)27/h2-10,25H,1H3,(H,26,27)(H2,22,24,28). The van der Waals surface area contributed by atoms with Gasteiger partial charge in [-0.2, -0.15) is 5.10 Å². The summed E-state index contributed by atoms with van der Waals surface area (Å²) >= 11 is 10.0. The quantitative estimate of drug-likeness (QED) is 0.221. The average molecular weight is 490 g/mol. The molecule has 0 saturated heterocycles. The molecule has 29 heavy (non-hydrogen) atoms. The zero-order valence-electron chi connectivity index (χ0n) is 15.1. The summed E-state index contributed by atoms with van der Waals surface area (Å²) in [7, 11) is 0. The van der Waals surface area contributed by atoms with Crippen molar-refractivity contribution in [2.75, 3.05) is 5.32 Å². The van der Waals surface area contributed by atoms with Crippen molar-refractivity contribution in [1.82, 2.24) is 5.43 Å². The number of benzene rings is 2. The van der Waals surface area contributed by atoms with Crippen LogP contribution < -0.4 is 10.7 Å². The van der Waals surface area contributed by atoms with Crippen LogP contribution >= 0.6 is 39.5 Å². The van der Waals surface area contributed by atoms with Gasteiger partial charge in [-0.3, -0.25) is 5.43 Å². The maximum atomic E-state index is 10.9. The minimum atomic E-state index is -0.990. The number of halogens is 1. The van der Waals surface area contributed by atoms with Gasteiger partial charge in [0.2, 0.25) is 0 Å². The number of carbonyl (C=O) groups is 1. The predicted molar refractivity (Wildman–Crippen MR) is 124 cm³/mol. The van der Waals surface area contributed by atoms with E-state index in [4.69, 9.17) is 17.3 Å². The Hall–Kier alpha value is -2.75. The molecule has 9 heteroatoms. The molecule has 0 radical (unpaired) electrons. The zero-order valence-corrected chi connectivity index (χ0v) is 18.4. The summed E-state index contributed by atoms with van der Waals surface area (Å²) in [5, 5.41) is 28.7. The molecule has 2 aromatic carbocycles. The zero-order chi connectivity index (χ0) is 21.0. The number of carboxylic acids is 1. The fraction of sp³-hybridized carbons (Fsp3) is 0.0500. The second-order valence-electron chi connectivity index (χ2n) is 5.98. The molecular formula is C20H16BrN3O3S2. The molecule has 0 aliphatic rings. The van der Waals surface area contributed by atoms with Gasteiger partial charge in [0.1, 0.15) is 5.75 Å². The van der Waals surface area contributed by atoms with Crippen LogP contribution in [0, 0.1) is 0 Å². The molecule has 0 aliphatic carbocycles. The lowest BCUT2D eigenvalue weighted by Gasteiger charge is -2.08. The molecule has 3 rings (SSSR count). The van der Waals surface area contributed by atoms with E-state index in [2.05, 4.69) is 31.8 Å². The third-order valence-electron chi connectivity index (χ3n) is 3.98. The molecule has 0 bridgehead atoms. The highest BCUT2D eigenvalue weighted by Crippen LogP contribution is 2.39. The van der Waals surface area contributed by atoms with Crippen molar-refractivity contribution in [3.05, 3.63) is 69.5 Å². The highest BCUT2D eigenvalue weighted by Gasteiger charge is 2.14. The van der Waals surface area contributed by atoms with E-state index in [0.717, 1.165) is 14.9 Å². The van der Waals surface area contributed by atoms with Crippen molar-refractivity contribution in [1.29, 1.82) is 0 Å². The largest absolute Gasteiger partial charge is 0.506 e. The molecule has 0 aliphatic heterocycles. The van der Waals surface area contributed by atoms with Gasteiger partial charge in [0, 0.05) is 15.5 Å². The molecule has 0 fully saturated rings. The molecule has 0 spiro atoms. The summed E-state index contributed by atoms with van der Waals surface area (Å²) in [4.78, 5) is 11.6. The summed E-state index contributed by atoms with van der Waals surface area (Å²) < 4.78 is 0.970. The highest BCUT2D eigenvalue weighted by atomic mass is 79.9. The number of hydrogen-bond donors (Lipinski definition) is 4. The highest BCUT2D eigenvalue weighted by molar-refractivity contribution is 9.10. The van der Waals surface area contributed by atoms with Crippen LogP contribution in [0.3, 0.4) is 0 Å². The number of anilines is 1. The third kappa shape index (κ3) is 5.20. The minimum absolute atomic E-state index is 0.170. The number of thiophene rings is 1. The van der Waals surface area contributed by atoms with Crippen LogP contribution in [-0.2, 0) is 0 Å². The van der Waals surface area contributed by atoms with Crippen molar-refractivity contribution in [3.8, 4) is 16.2 Å². The summed E-state index contributed by atoms with van der Waals surface area (Å²) in [6.07, 6.45) is 0. The van der Waals surface area contributed by atoms with Crippen molar-refractivity contribution >= 4 is 62.0 Å². The van der Waals surface area contributed by atoms with Crippen LogP contribution in [0.25, 0.3) is 10.4 Å². The van der Waals surface area contributed by atoms with Crippen molar-refractivity contribution in [3.63, 3.8) is 0 Å². The Balaban J connectivity index is 1.67. The number of nitrogens with zero attached hydrogens (tertiary/aromatic N) is 1. The molecule has 0 unspecified atom stereocenters. The molecule has 0 amide bonds. The molecule has 6 nitrogen and oxygen atoms in total. The van der Waals surface area contributed by atoms with E-state index in [-0.39, 0.29) is 16.4 Å². The normalized spacial score (nSPS) is 11.2. The number of rotatable bonds is 5. The molecule has 3 aromatic rings. The molecule has 1 aromatic heterocycles. The van der Waals surface area contributed by atoms with Gasteiger partial charge in [0.05, 0.1) is 21.7 Å². The second kappa shape index (κ2) is 9.17. The lowest BCUT2D eigenvalue weighted by molar-refractivity contribution is 0.0697. The van der Waals surface area contributed by atoms with Crippen molar-refractivity contribution in [2.24, 2.45) is 5.10 Å². The van der Waals surface area contributed by atoms with Gasteiger partial charge in [0.25, 0.3) is 0 Å². The van der Waals surface area contributed by atoms with E-state index in [1.165, 1.54) is 23.5 Å². The molecule has 0 atom stereocenters. The fourth-order valence-corrected chi connectivity index (χ4v) is 3.90. The average Bonchev–Trinajstić information content (AvgIpc) is 3.08. The molecule has 148 valence electrons. The predicted octanol–water partition coefficient (Wildman–Crippen LogP) is 5.29. The number of nitrogens with one attached hydrogen (secondary N) is 2. The number of hydrazone groups is 1. The van der Waals surface area contributed by atoms with Crippen molar-refractivity contribution < 1.29 is 15.0 Å². The maximum absolute atomic E-state index is 10.9. The van der Waals surface area contributed by atoms with E-state index < -0.39 is 5.97 Å². The van der Waals surface area contributed by atoms with Gasteiger partial charge in [-0.1, -0.05) is 28.1 Å². The van der Waals surface area contributed by atoms with Gasteiger partial charge in [-0.25, -0.2) is 4.79 Å². The molecule has 1 heterocycles. The Labute approximate surface area is 185 Å². The maximum Gasteiger partial charge on any atom is 0.335 e. The van der Waals surface area contributed by atoms with E-state index >= 15 is 0 Å². The van der Waals surface area contributed by atoms with Gasteiger partial charge in [-0.05, 0) is 61.1 Å². The van der Waals surface area contributed by atoms with Crippen LogP contribution in [-0.4, -0.2) is 27.0 Å². The Kier molecular flexibility index (Phi) is 6.63. The third-order valence-corrected chi connectivity index (χ3v) is 5.72. The molecule has 0 saturated carbocycles. The van der Waals surface area contributed by atoms with E-state index in [1.54, 1.807) is 19.1 Å². The van der Waals surface area contributed by atoms with Gasteiger partial charge >= 0.3 is 5.97 Å². The summed E-state index contributed by atoms with van der Waals surface area (Å²) in [6, 6.07) is 13.9. The summed E-state index contributed by atoms with van der Waals surface area (Å²) in [5.74, 6) is -0.820. The first-order valence-corrected chi connectivity index (χ1v) is 10.4. The Morgan fingerprint density at radius 1 is 1.14 bits per heavy atom. The summed E-state index contributed by atoms with van der Waals surface area (Å²) in [5.41, 5.74) is 5.67. The lowest BCUT2D eigenvalue weighted by Crippen LogP contribution is -2.24. The number of thiocarbonyl (C=S) groups is 1. The Morgan fingerprint density at radius 2 is 1.79 bits per heavy atom. The first kappa shape index (κ1) is 21.0. The van der Waals surface area contributed by atoms with Gasteiger partial charge < -0.3 is 15.5 Å². The number of carboxylic acid groups (broad SMARTS) is 1. The Morgan fingerprint density at radius 3 is 2.41 bits per heavy atom. The molecular weight excluding hydrogens is 474 g/mol. The van der Waals surface area contributed by atoms with Crippen LogP contribution in [0.2, 0.25) is 0 Å². The Bertz CT molecular complexity index is 1080. The van der Waals surface area contributed by atoms with E-state index in [1.807, 2.05) is 29.6 Å².